The first-order chi connectivity index (χ1) is 12.5. The molecule has 7 heteroatoms. The van der Waals surface area contributed by atoms with Crippen molar-refractivity contribution in [2.24, 2.45) is 0 Å². The smallest absolute Gasteiger partial charge is 0.325 e. The molecule has 1 aromatic carbocycles. The number of fused-ring (bicyclic) bond motifs is 1. The number of amides is 1. The fourth-order valence-electron chi connectivity index (χ4n) is 3.43. The van der Waals surface area contributed by atoms with Crippen molar-refractivity contribution in [1.82, 2.24) is 19.9 Å². The van der Waals surface area contributed by atoms with Gasteiger partial charge in [0, 0.05) is 31.9 Å². The highest BCUT2D eigenvalue weighted by atomic mass is 16.2. The summed E-state index contributed by atoms with van der Waals surface area (Å²) in [4.78, 5) is 37.8. The van der Waals surface area contributed by atoms with E-state index < -0.39 is 0 Å². The number of carbonyl (C=O) groups excluding carboxylic acids is 1. The van der Waals surface area contributed by atoms with Crippen molar-refractivity contribution in [3.05, 3.63) is 57.6 Å². The molecule has 0 bridgehead atoms. The first-order valence-electron chi connectivity index (χ1n) is 8.72. The molecule has 7 nitrogen and oxygen atoms in total. The number of imidazole rings is 1. The highest BCUT2D eigenvalue weighted by Gasteiger charge is 2.24. The summed E-state index contributed by atoms with van der Waals surface area (Å²) in [6.07, 6.45) is 0. The molecule has 26 heavy (non-hydrogen) atoms. The molecule has 2 N–H and O–H groups in total. The normalized spacial score (nSPS) is 14.8. The monoisotopic (exact) mass is 351 g/mol. The maximum atomic E-state index is 12.8. The van der Waals surface area contributed by atoms with Gasteiger partial charge in [-0.3, -0.25) is 9.78 Å². The summed E-state index contributed by atoms with van der Waals surface area (Å²) in [6.45, 7) is 7.13. The van der Waals surface area contributed by atoms with E-state index in [0.29, 0.717) is 29.9 Å². The molecule has 0 saturated carbocycles. The van der Waals surface area contributed by atoms with Gasteiger partial charge in [0.05, 0.1) is 5.52 Å². The Morgan fingerprint density at radius 3 is 2.58 bits per heavy atom. The van der Waals surface area contributed by atoms with Gasteiger partial charge in [0.15, 0.2) is 5.65 Å². The number of aromatic amines is 2. The molecule has 2 aromatic heterocycles. The lowest BCUT2D eigenvalue weighted by Gasteiger charge is -2.37. The summed E-state index contributed by atoms with van der Waals surface area (Å²) < 4.78 is 0. The molecule has 134 valence electrons. The Labute approximate surface area is 150 Å². The minimum atomic E-state index is -0.320. The largest absolute Gasteiger partial charge is 0.368 e. The summed E-state index contributed by atoms with van der Waals surface area (Å²) in [6, 6.07) is 9.70. The third kappa shape index (κ3) is 2.85. The zero-order valence-corrected chi connectivity index (χ0v) is 14.9. The molecule has 0 spiro atoms. The molecule has 4 rings (SSSR count). The summed E-state index contributed by atoms with van der Waals surface area (Å²) in [7, 11) is 0. The van der Waals surface area contributed by atoms with Crippen molar-refractivity contribution >= 4 is 22.8 Å². The fraction of sp³-hybridized carbons (Fsp3) is 0.316. The second kappa shape index (κ2) is 6.33. The SMILES string of the molecule is Cc1cccc(N2CCN(C(=O)c3ccc4[nH]c(=O)[nH]c4n3)CC2)c1C. The van der Waals surface area contributed by atoms with Crippen molar-refractivity contribution in [2.45, 2.75) is 13.8 Å². The Morgan fingerprint density at radius 2 is 1.81 bits per heavy atom. The summed E-state index contributed by atoms with van der Waals surface area (Å²) in [5.74, 6) is -0.102. The zero-order chi connectivity index (χ0) is 18.3. The molecule has 1 saturated heterocycles. The number of aromatic nitrogens is 3. The van der Waals surface area contributed by atoms with Crippen molar-refractivity contribution in [3.8, 4) is 0 Å². The number of rotatable bonds is 2. The van der Waals surface area contributed by atoms with E-state index in [1.807, 2.05) is 4.90 Å². The van der Waals surface area contributed by atoms with Crippen LogP contribution >= 0.6 is 0 Å². The number of hydrogen-bond donors (Lipinski definition) is 2. The number of nitrogens with zero attached hydrogens (tertiary/aromatic N) is 3. The van der Waals surface area contributed by atoms with Crippen molar-refractivity contribution < 1.29 is 4.79 Å². The Morgan fingerprint density at radius 1 is 1.04 bits per heavy atom. The van der Waals surface area contributed by atoms with Crippen molar-refractivity contribution in [3.63, 3.8) is 0 Å². The van der Waals surface area contributed by atoms with Gasteiger partial charge in [0.1, 0.15) is 5.69 Å². The Bertz CT molecular complexity index is 1030. The number of benzene rings is 1. The van der Waals surface area contributed by atoms with E-state index in [1.54, 1.807) is 12.1 Å². The van der Waals surface area contributed by atoms with Crippen LogP contribution in [-0.4, -0.2) is 51.9 Å². The molecule has 1 amide bonds. The third-order valence-electron chi connectivity index (χ3n) is 5.08. The second-order valence-electron chi connectivity index (χ2n) is 6.67. The number of nitrogens with one attached hydrogen (secondary N) is 2. The quantitative estimate of drug-likeness (QED) is 0.738. The predicted octanol–water partition coefficient (Wildman–Crippen LogP) is 1.83. The van der Waals surface area contributed by atoms with Crippen LogP contribution in [-0.2, 0) is 0 Å². The standard InChI is InChI=1S/C19H21N5O2/c1-12-4-3-5-16(13(12)2)23-8-10-24(11-9-23)18(25)15-7-6-14-17(20-15)22-19(26)21-14/h3-7H,8-11H2,1-2H3,(H2,20,21,22,26). The van der Waals surface area contributed by atoms with Crippen LogP contribution in [0.2, 0.25) is 0 Å². The van der Waals surface area contributed by atoms with Crippen LogP contribution in [0.3, 0.4) is 0 Å². The van der Waals surface area contributed by atoms with Gasteiger partial charge >= 0.3 is 5.69 Å². The van der Waals surface area contributed by atoms with E-state index in [0.717, 1.165) is 13.1 Å². The van der Waals surface area contributed by atoms with Gasteiger partial charge in [-0.25, -0.2) is 9.78 Å². The number of hydrogen-bond acceptors (Lipinski definition) is 4. The molecular weight excluding hydrogens is 330 g/mol. The maximum absolute atomic E-state index is 12.8. The minimum Gasteiger partial charge on any atom is -0.368 e. The van der Waals surface area contributed by atoms with E-state index in [-0.39, 0.29) is 11.6 Å². The number of anilines is 1. The van der Waals surface area contributed by atoms with E-state index in [4.69, 9.17) is 0 Å². The second-order valence-corrected chi connectivity index (χ2v) is 6.67. The Hall–Kier alpha value is -3.09. The summed E-state index contributed by atoms with van der Waals surface area (Å²) in [5.41, 5.74) is 4.85. The maximum Gasteiger partial charge on any atom is 0.325 e. The van der Waals surface area contributed by atoms with Gasteiger partial charge in [-0.1, -0.05) is 12.1 Å². The van der Waals surface area contributed by atoms with E-state index in [9.17, 15) is 9.59 Å². The molecule has 1 aliphatic rings. The Balaban J connectivity index is 1.49. The highest BCUT2D eigenvalue weighted by molar-refractivity contribution is 5.94. The lowest BCUT2D eigenvalue weighted by atomic mass is 10.1. The van der Waals surface area contributed by atoms with Crippen LogP contribution < -0.4 is 10.6 Å². The fourth-order valence-corrected chi connectivity index (χ4v) is 3.43. The number of piperazine rings is 1. The number of aryl methyl sites for hydroxylation is 1. The molecule has 0 unspecified atom stereocenters. The van der Waals surface area contributed by atoms with Gasteiger partial charge in [-0.05, 0) is 43.2 Å². The average molecular weight is 351 g/mol. The predicted molar refractivity (Wildman–Crippen MR) is 101 cm³/mol. The van der Waals surface area contributed by atoms with Gasteiger partial charge in [0.25, 0.3) is 5.91 Å². The molecule has 0 radical (unpaired) electrons. The summed E-state index contributed by atoms with van der Waals surface area (Å²) in [5, 5.41) is 0. The molecule has 3 aromatic rings. The van der Waals surface area contributed by atoms with E-state index in [2.05, 4.69) is 51.9 Å². The van der Waals surface area contributed by atoms with E-state index in [1.165, 1.54) is 16.8 Å². The van der Waals surface area contributed by atoms with E-state index >= 15 is 0 Å². The van der Waals surface area contributed by atoms with Crippen LogP contribution in [0, 0.1) is 13.8 Å². The summed E-state index contributed by atoms with van der Waals surface area (Å²) >= 11 is 0. The third-order valence-corrected chi connectivity index (χ3v) is 5.08. The molecule has 0 aliphatic carbocycles. The zero-order valence-electron chi connectivity index (χ0n) is 14.9. The van der Waals surface area contributed by atoms with Crippen LogP contribution in [0.5, 0.6) is 0 Å². The molecule has 0 atom stereocenters. The van der Waals surface area contributed by atoms with Gasteiger partial charge in [0.2, 0.25) is 0 Å². The van der Waals surface area contributed by atoms with Crippen molar-refractivity contribution in [2.75, 3.05) is 31.1 Å². The Kier molecular flexibility index (Phi) is 3.99. The first-order valence-corrected chi connectivity index (χ1v) is 8.72. The molecule has 1 fully saturated rings. The number of pyridine rings is 1. The van der Waals surface area contributed by atoms with Crippen LogP contribution in [0.4, 0.5) is 5.69 Å². The number of carbonyl (C=O) groups is 1. The van der Waals surface area contributed by atoms with Crippen molar-refractivity contribution in [1.29, 1.82) is 0 Å². The van der Waals surface area contributed by atoms with Gasteiger partial charge in [-0.15, -0.1) is 0 Å². The molecule has 1 aliphatic heterocycles. The van der Waals surface area contributed by atoms with Gasteiger partial charge < -0.3 is 14.8 Å². The van der Waals surface area contributed by atoms with Crippen LogP contribution in [0.1, 0.15) is 21.6 Å². The average Bonchev–Trinajstić information content (AvgIpc) is 3.03. The molecule has 3 heterocycles. The number of H-pyrrole nitrogens is 2. The van der Waals surface area contributed by atoms with Gasteiger partial charge in [-0.2, -0.15) is 0 Å². The molecular formula is C19H21N5O2. The van der Waals surface area contributed by atoms with Crippen LogP contribution in [0.15, 0.2) is 35.1 Å². The minimum absolute atomic E-state index is 0.102. The van der Waals surface area contributed by atoms with Crippen LogP contribution in [0.25, 0.3) is 11.2 Å². The topological polar surface area (TPSA) is 85.1 Å². The highest BCUT2D eigenvalue weighted by Crippen LogP contribution is 2.24. The first kappa shape index (κ1) is 16.4. The lowest BCUT2D eigenvalue weighted by Crippen LogP contribution is -2.49. The lowest BCUT2D eigenvalue weighted by molar-refractivity contribution is 0.0741.